The number of halogens is 1. The molecule has 1 aliphatic rings. The van der Waals surface area contributed by atoms with E-state index < -0.39 is 0 Å². The van der Waals surface area contributed by atoms with Crippen LogP contribution in [0.2, 0.25) is 0 Å². The molecule has 2 aromatic rings. The van der Waals surface area contributed by atoms with Crippen LogP contribution in [0.5, 0.6) is 0 Å². The molecule has 0 spiro atoms. The first-order valence-corrected chi connectivity index (χ1v) is 12.3. The summed E-state index contributed by atoms with van der Waals surface area (Å²) in [5.74, 6) is 0.874. The number of benzene rings is 2. The molecule has 5 heteroatoms. The Balaban J connectivity index is 0.00000136. The maximum atomic E-state index is 12.9. The van der Waals surface area contributed by atoms with Crippen molar-refractivity contribution in [2.24, 2.45) is 0 Å². The minimum absolute atomic E-state index is 0.141. The van der Waals surface area contributed by atoms with Crippen LogP contribution in [0.25, 0.3) is 0 Å². The second-order valence-electron chi connectivity index (χ2n) is 7.73. The third kappa shape index (κ3) is 5.08. The van der Waals surface area contributed by atoms with Gasteiger partial charge in [-0.25, -0.2) is 0 Å². The van der Waals surface area contributed by atoms with E-state index in [9.17, 15) is 4.79 Å². The number of hydrogen-bond acceptors (Lipinski definition) is 2. The summed E-state index contributed by atoms with van der Waals surface area (Å²) in [7, 11) is 4.58. The SMILES string of the molecule is CC(C)c1cccc(C(C)C)c1N1[CH-]N(C(C)c2ccccc2)CC1=O.[Cl][Au]. The van der Waals surface area contributed by atoms with Crippen molar-refractivity contribution in [2.75, 3.05) is 11.4 Å². The van der Waals surface area contributed by atoms with Crippen LogP contribution in [-0.4, -0.2) is 17.4 Å². The van der Waals surface area contributed by atoms with Gasteiger partial charge < -0.3 is 9.80 Å². The van der Waals surface area contributed by atoms with Gasteiger partial charge in [0, 0.05) is 11.7 Å². The van der Waals surface area contributed by atoms with E-state index in [-0.39, 0.29) is 11.9 Å². The minimum atomic E-state index is 0.141. The van der Waals surface area contributed by atoms with Crippen molar-refractivity contribution >= 4 is 20.8 Å². The van der Waals surface area contributed by atoms with E-state index in [0.29, 0.717) is 18.4 Å². The van der Waals surface area contributed by atoms with E-state index in [2.05, 4.69) is 79.0 Å². The van der Waals surface area contributed by atoms with Crippen molar-refractivity contribution in [2.45, 2.75) is 52.5 Å². The number of para-hydroxylation sites is 1. The molecule has 1 saturated heterocycles. The Labute approximate surface area is 185 Å². The zero-order valence-corrected chi connectivity index (χ0v) is 20.0. The van der Waals surface area contributed by atoms with Gasteiger partial charge in [-0.2, -0.15) is 6.67 Å². The fourth-order valence-corrected chi connectivity index (χ4v) is 3.62. The molecule has 1 fully saturated rings. The van der Waals surface area contributed by atoms with E-state index >= 15 is 0 Å². The fraction of sp³-hybridized carbons (Fsp3) is 0.391. The predicted octanol–water partition coefficient (Wildman–Crippen LogP) is 6.15. The normalized spacial score (nSPS) is 15.8. The molecule has 3 rings (SSSR count). The number of anilines is 1. The first kappa shape index (κ1) is 23.2. The molecule has 0 N–H and O–H groups in total. The molecule has 2 aromatic carbocycles. The second-order valence-corrected chi connectivity index (χ2v) is 7.73. The molecule has 0 bridgehead atoms. The molecule has 1 heterocycles. The molecular weight excluding hydrogens is 553 g/mol. The van der Waals surface area contributed by atoms with Crippen molar-refractivity contribution in [3.8, 4) is 0 Å². The molecule has 0 radical (unpaired) electrons. The first-order chi connectivity index (χ1) is 13.4. The van der Waals surface area contributed by atoms with Gasteiger partial charge in [0.05, 0.1) is 6.54 Å². The van der Waals surface area contributed by atoms with Gasteiger partial charge in [0.1, 0.15) is 0 Å². The number of nitrogens with zero attached hydrogens (tertiary/aromatic N) is 2. The molecule has 1 atom stereocenters. The molecule has 1 unspecified atom stereocenters. The quantitative estimate of drug-likeness (QED) is 0.312. The van der Waals surface area contributed by atoms with Gasteiger partial charge in [0.25, 0.3) is 0 Å². The van der Waals surface area contributed by atoms with Crippen LogP contribution in [0.4, 0.5) is 5.69 Å². The molecule has 156 valence electrons. The molecule has 0 aliphatic carbocycles. The Bertz CT molecular complexity index is 753. The van der Waals surface area contributed by atoms with Gasteiger partial charge in [-0.3, -0.25) is 4.79 Å². The van der Waals surface area contributed by atoms with E-state index in [1.54, 1.807) is 20.0 Å². The Kier molecular flexibility index (Phi) is 8.79. The molecule has 3 nitrogen and oxygen atoms in total. The van der Waals surface area contributed by atoms with Crippen molar-refractivity contribution in [3.63, 3.8) is 0 Å². The summed E-state index contributed by atoms with van der Waals surface area (Å²) in [6.07, 6.45) is 0. The molecule has 1 amide bonds. The van der Waals surface area contributed by atoms with Crippen molar-refractivity contribution < 1.29 is 24.8 Å². The molecule has 0 saturated carbocycles. The van der Waals surface area contributed by atoms with Crippen molar-refractivity contribution in [3.05, 3.63) is 71.9 Å². The van der Waals surface area contributed by atoms with Crippen LogP contribution in [0, 0.1) is 6.67 Å². The van der Waals surface area contributed by atoms with E-state index in [1.165, 1.54) is 16.7 Å². The summed E-state index contributed by atoms with van der Waals surface area (Å²) in [6.45, 7) is 13.3. The van der Waals surface area contributed by atoms with Gasteiger partial charge in [-0.1, -0.05) is 76.2 Å². The topological polar surface area (TPSA) is 23.6 Å². The third-order valence-electron chi connectivity index (χ3n) is 5.21. The zero-order chi connectivity index (χ0) is 20.8. The number of carbonyl (C=O) groups excluding carboxylic acids is 1. The van der Waals surface area contributed by atoms with Gasteiger partial charge in [0.2, 0.25) is 5.91 Å². The van der Waals surface area contributed by atoms with Crippen molar-refractivity contribution in [1.82, 2.24) is 4.90 Å². The van der Waals surface area contributed by atoms with Crippen LogP contribution in [0.15, 0.2) is 48.5 Å². The van der Waals surface area contributed by atoms with Crippen LogP contribution in [0.1, 0.15) is 69.2 Å². The van der Waals surface area contributed by atoms with Crippen LogP contribution in [0.3, 0.4) is 0 Å². The summed E-state index contributed by atoms with van der Waals surface area (Å²) < 4.78 is 0. The zero-order valence-electron chi connectivity index (χ0n) is 17.1. The summed E-state index contributed by atoms with van der Waals surface area (Å²) in [4.78, 5) is 16.9. The van der Waals surface area contributed by atoms with E-state index in [0.717, 1.165) is 5.69 Å². The Morgan fingerprint density at radius 2 is 1.43 bits per heavy atom. The third-order valence-corrected chi connectivity index (χ3v) is 5.21. The average Bonchev–Trinajstić information content (AvgIpc) is 3.10. The first-order valence-electron chi connectivity index (χ1n) is 9.62. The summed E-state index contributed by atoms with van der Waals surface area (Å²) >= 11 is 1.75. The summed E-state index contributed by atoms with van der Waals surface area (Å²) in [5, 5.41) is 0. The van der Waals surface area contributed by atoms with Gasteiger partial charge in [0.15, 0.2) is 0 Å². The van der Waals surface area contributed by atoms with Gasteiger partial charge in [-0.15, -0.1) is 0 Å². The van der Waals surface area contributed by atoms with Gasteiger partial charge in [-0.05, 0) is 35.4 Å². The second kappa shape index (κ2) is 10.6. The Morgan fingerprint density at radius 3 is 1.93 bits per heavy atom. The van der Waals surface area contributed by atoms with Crippen molar-refractivity contribution in [1.29, 1.82) is 0 Å². The molecule has 1 aliphatic heterocycles. The maximum absolute atomic E-state index is 12.9. The Morgan fingerprint density at radius 1 is 0.893 bits per heavy atom. The average molecular weight is 582 g/mol. The monoisotopic (exact) mass is 581 g/mol. The predicted molar refractivity (Wildman–Crippen MR) is 114 cm³/mol. The fourth-order valence-electron chi connectivity index (χ4n) is 3.62. The van der Waals surface area contributed by atoms with E-state index in [4.69, 9.17) is 0 Å². The number of amides is 1. The standard InChI is InChI=1S/C23H29N2O.Au.ClH/c1-16(2)20-12-9-13-21(17(3)4)23(20)25-15-24(14-22(25)26)18(5)19-10-7-6-8-11-19;;/h6-13,15-18H,14H2,1-5H3;;1H/q-1;+1;/p-1. The van der Waals surface area contributed by atoms with Crippen LogP contribution in [-0.2, 0) is 24.8 Å². The Hall–Kier alpha value is -1.10. The molecular formula is C23H29AuClN2O-. The molecule has 28 heavy (non-hydrogen) atoms. The summed E-state index contributed by atoms with van der Waals surface area (Å²) in [5.41, 5.74) is 4.76. The number of rotatable bonds is 5. The number of carbonyl (C=O) groups is 1. The van der Waals surface area contributed by atoms with Gasteiger partial charge >= 0.3 is 29.2 Å². The van der Waals surface area contributed by atoms with Crippen LogP contribution < -0.4 is 4.90 Å². The molecule has 0 aromatic heterocycles. The van der Waals surface area contributed by atoms with E-state index in [1.807, 2.05) is 29.8 Å². The number of hydrogen-bond donors (Lipinski definition) is 0. The summed E-state index contributed by atoms with van der Waals surface area (Å²) in [6, 6.07) is 16.9. The van der Waals surface area contributed by atoms with Crippen LogP contribution >= 0.6 is 9.19 Å².